The molecule has 2 N–H and O–H groups in total. The van der Waals surface area contributed by atoms with Gasteiger partial charge in [0.05, 0.1) is 0 Å². The number of likely N-dealkylation sites (tertiary alicyclic amines) is 1. The molecule has 1 aliphatic rings. The van der Waals surface area contributed by atoms with Crippen molar-refractivity contribution >= 4 is 11.9 Å². The maximum Gasteiger partial charge on any atom is 0.222 e. The Morgan fingerprint density at radius 2 is 2.19 bits per heavy atom. The van der Waals surface area contributed by atoms with Gasteiger partial charge in [0.25, 0.3) is 0 Å². The first-order valence-electron chi connectivity index (χ1n) is 7.67. The minimum absolute atomic E-state index is 0.0847. The van der Waals surface area contributed by atoms with Crippen LogP contribution >= 0.6 is 0 Å². The van der Waals surface area contributed by atoms with E-state index in [1.54, 1.807) is 18.5 Å². The highest BCUT2D eigenvalue weighted by molar-refractivity contribution is 5.76. The SMILES string of the molecule is CC(C)N1CC[C@@H](CNC(=O)CCNc2ncccn2)C1. The molecule has 1 aliphatic heterocycles. The van der Waals surface area contributed by atoms with Gasteiger partial charge in [0.2, 0.25) is 11.9 Å². The quantitative estimate of drug-likeness (QED) is 0.788. The lowest BCUT2D eigenvalue weighted by molar-refractivity contribution is -0.121. The lowest BCUT2D eigenvalue weighted by Gasteiger charge is -2.20. The summed E-state index contributed by atoms with van der Waals surface area (Å²) in [6, 6.07) is 2.36. The predicted molar refractivity (Wildman–Crippen MR) is 83.0 cm³/mol. The molecular formula is C15H25N5O. The molecule has 6 nitrogen and oxygen atoms in total. The highest BCUT2D eigenvalue weighted by atomic mass is 16.1. The summed E-state index contributed by atoms with van der Waals surface area (Å²) >= 11 is 0. The highest BCUT2D eigenvalue weighted by Gasteiger charge is 2.24. The van der Waals surface area contributed by atoms with Crippen LogP contribution in [0.15, 0.2) is 18.5 Å². The Kier molecular flexibility index (Phi) is 5.92. The monoisotopic (exact) mass is 291 g/mol. The van der Waals surface area contributed by atoms with E-state index in [9.17, 15) is 4.79 Å². The van der Waals surface area contributed by atoms with Crippen LogP contribution in [0.2, 0.25) is 0 Å². The molecule has 0 spiro atoms. The number of carbonyl (C=O) groups is 1. The molecule has 1 fully saturated rings. The number of amides is 1. The molecule has 1 aromatic rings. The number of carbonyl (C=O) groups excluding carboxylic acids is 1. The maximum atomic E-state index is 11.8. The predicted octanol–water partition coefficient (Wildman–Crippen LogP) is 1.13. The molecule has 1 saturated heterocycles. The van der Waals surface area contributed by atoms with Crippen molar-refractivity contribution in [3.05, 3.63) is 18.5 Å². The fourth-order valence-electron chi connectivity index (χ4n) is 2.52. The Morgan fingerprint density at radius 3 is 2.86 bits per heavy atom. The summed E-state index contributed by atoms with van der Waals surface area (Å²) in [5.74, 6) is 1.23. The van der Waals surface area contributed by atoms with Gasteiger partial charge in [-0.2, -0.15) is 0 Å². The number of rotatable bonds is 7. The fraction of sp³-hybridized carbons (Fsp3) is 0.667. The number of hydrogen-bond acceptors (Lipinski definition) is 5. The van der Waals surface area contributed by atoms with Crippen LogP contribution in [0, 0.1) is 5.92 Å². The van der Waals surface area contributed by atoms with Crippen molar-refractivity contribution in [2.45, 2.75) is 32.7 Å². The number of nitrogens with zero attached hydrogens (tertiary/aromatic N) is 3. The van der Waals surface area contributed by atoms with Crippen LogP contribution in [0.5, 0.6) is 0 Å². The molecule has 6 heteroatoms. The zero-order valence-corrected chi connectivity index (χ0v) is 12.9. The van der Waals surface area contributed by atoms with Crippen LogP contribution in [0.1, 0.15) is 26.7 Å². The molecule has 2 heterocycles. The molecule has 1 aromatic heterocycles. The molecule has 21 heavy (non-hydrogen) atoms. The largest absolute Gasteiger partial charge is 0.356 e. The zero-order valence-electron chi connectivity index (χ0n) is 12.9. The molecule has 116 valence electrons. The average molecular weight is 291 g/mol. The summed E-state index contributed by atoms with van der Waals surface area (Å²) in [6.07, 6.45) is 4.97. The standard InChI is InChI=1S/C15H25N5O/c1-12(2)20-9-5-13(11-20)10-19-14(21)4-8-18-15-16-6-3-7-17-15/h3,6-7,12-13H,4-5,8-11H2,1-2H3,(H,19,21)(H,16,17,18)/t13-/m0/s1. The number of aromatic nitrogens is 2. The minimum Gasteiger partial charge on any atom is -0.356 e. The summed E-state index contributed by atoms with van der Waals surface area (Å²) in [6.45, 7) is 8.01. The normalized spacial score (nSPS) is 18.9. The van der Waals surface area contributed by atoms with Crippen molar-refractivity contribution in [1.29, 1.82) is 0 Å². The van der Waals surface area contributed by atoms with Gasteiger partial charge in [0, 0.05) is 44.5 Å². The van der Waals surface area contributed by atoms with Crippen LogP contribution < -0.4 is 10.6 Å². The maximum absolute atomic E-state index is 11.8. The van der Waals surface area contributed by atoms with E-state index in [-0.39, 0.29) is 5.91 Å². The van der Waals surface area contributed by atoms with Crippen molar-refractivity contribution in [2.75, 3.05) is 31.5 Å². The third kappa shape index (κ3) is 5.30. The van der Waals surface area contributed by atoms with E-state index in [0.717, 1.165) is 19.6 Å². The van der Waals surface area contributed by atoms with E-state index < -0.39 is 0 Å². The van der Waals surface area contributed by atoms with E-state index in [4.69, 9.17) is 0 Å². The van der Waals surface area contributed by atoms with E-state index in [1.165, 1.54) is 6.42 Å². The second kappa shape index (κ2) is 7.93. The first kappa shape index (κ1) is 15.7. The van der Waals surface area contributed by atoms with E-state index in [1.807, 2.05) is 0 Å². The molecule has 0 radical (unpaired) electrons. The van der Waals surface area contributed by atoms with Crippen molar-refractivity contribution in [3.8, 4) is 0 Å². The van der Waals surface area contributed by atoms with Crippen LogP contribution in [0.3, 0.4) is 0 Å². The smallest absolute Gasteiger partial charge is 0.222 e. The van der Waals surface area contributed by atoms with Crippen LogP contribution in [0.25, 0.3) is 0 Å². The highest BCUT2D eigenvalue weighted by Crippen LogP contribution is 2.17. The molecule has 2 rings (SSSR count). The van der Waals surface area contributed by atoms with Gasteiger partial charge in [-0.05, 0) is 38.8 Å². The molecule has 0 saturated carbocycles. The third-order valence-electron chi connectivity index (χ3n) is 3.84. The first-order valence-corrected chi connectivity index (χ1v) is 7.67. The van der Waals surface area contributed by atoms with Crippen LogP contribution in [-0.4, -0.2) is 53.0 Å². The Labute approximate surface area is 126 Å². The molecule has 0 unspecified atom stereocenters. The Balaban J connectivity index is 1.58. The van der Waals surface area contributed by atoms with Crippen LogP contribution in [0.4, 0.5) is 5.95 Å². The van der Waals surface area contributed by atoms with Gasteiger partial charge in [0.15, 0.2) is 0 Å². The second-order valence-electron chi connectivity index (χ2n) is 5.80. The third-order valence-corrected chi connectivity index (χ3v) is 3.84. The van der Waals surface area contributed by atoms with Gasteiger partial charge in [-0.3, -0.25) is 4.79 Å². The second-order valence-corrected chi connectivity index (χ2v) is 5.80. The van der Waals surface area contributed by atoms with Crippen molar-refractivity contribution < 1.29 is 4.79 Å². The molecule has 1 atom stereocenters. The van der Waals surface area contributed by atoms with Crippen molar-refractivity contribution in [1.82, 2.24) is 20.2 Å². The number of anilines is 1. The lowest BCUT2D eigenvalue weighted by atomic mass is 10.1. The van der Waals surface area contributed by atoms with Gasteiger partial charge >= 0.3 is 0 Å². The van der Waals surface area contributed by atoms with E-state index >= 15 is 0 Å². The Bertz CT molecular complexity index is 437. The lowest BCUT2D eigenvalue weighted by Crippen LogP contribution is -2.33. The average Bonchev–Trinajstić information content (AvgIpc) is 2.95. The molecule has 1 amide bonds. The topological polar surface area (TPSA) is 70.2 Å². The van der Waals surface area contributed by atoms with Gasteiger partial charge in [-0.1, -0.05) is 0 Å². The Morgan fingerprint density at radius 1 is 1.43 bits per heavy atom. The zero-order chi connectivity index (χ0) is 15.1. The first-order chi connectivity index (χ1) is 10.1. The minimum atomic E-state index is 0.0847. The summed E-state index contributed by atoms with van der Waals surface area (Å²) in [4.78, 5) is 22.4. The van der Waals surface area contributed by atoms with E-state index in [2.05, 4.69) is 39.3 Å². The fourth-order valence-corrected chi connectivity index (χ4v) is 2.52. The van der Waals surface area contributed by atoms with E-state index in [0.29, 0.717) is 30.9 Å². The van der Waals surface area contributed by atoms with Crippen molar-refractivity contribution in [2.24, 2.45) is 5.92 Å². The Hall–Kier alpha value is -1.69. The number of nitrogens with one attached hydrogen (secondary N) is 2. The molecule has 0 bridgehead atoms. The van der Waals surface area contributed by atoms with Crippen molar-refractivity contribution in [3.63, 3.8) is 0 Å². The number of hydrogen-bond donors (Lipinski definition) is 2. The summed E-state index contributed by atoms with van der Waals surface area (Å²) in [7, 11) is 0. The summed E-state index contributed by atoms with van der Waals surface area (Å²) in [5.41, 5.74) is 0. The molecular weight excluding hydrogens is 266 g/mol. The molecule has 0 aliphatic carbocycles. The summed E-state index contributed by atoms with van der Waals surface area (Å²) < 4.78 is 0. The summed E-state index contributed by atoms with van der Waals surface area (Å²) in [5, 5.41) is 6.06. The molecule has 0 aromatic carbocycles. The van der Waals surface area contributed by atoms with Crippen LogP contribution in [-0.2, 0) is 4.79 Å². The van der Waals surface area contributed by atoms with Gasteiger partial charge < -0.3 is 15.5 Å². The van der Waals surface area contributed by atoms with Gasteiger partial charge in [-0.15, -0.1) is 0 Å². The van der Waals surface area contributed by atoms with Gasteiger partial charge in [-0.25, -0.2) is 9.97 Å². The van der Waals surface area contributed by atoms with Gasteiger partial charge in [0.1, 0.15) is 0 Å².